The molecule has 0 radical (unpaired) electrons. The van der Waals surface area contributed by atoms with Crippen molar-refractivity contribution < 1.29 is 8.91 Å². The summed E-state index contributed by atoms with van der Waals surface area (Å²) in [6.45, 7) is 7.99. The third kappa shape index (κ3) is 3.83. The van der Waals surface area contributed by atoms with Crippen LogP contribution < -0.4 is 10.6 Å². The number of aryl methyl sites for hydroxylation is 2. The molecule has 1 aliphatic rings. The van der Waals surface area contributed by atoms with E-state index in [0.29, 0.717) is 54.2 Å². The van der Waals surface area contributed by atoms with E-state index in [4.69, 9.17) is 10.3 Å². The lowest BCUT2D eigenvalue weighted by atomic mass is 10.1. The number of rotatable bonds is 5. The van der Waals surface area contributed by atoms with Gasteiger partial charge in [0.25, 0.3) is 0 Å². The Hall–Kier alpha value is -4.13. The van der Waals surface area contributed by atoms with E-state index in [1.165, 1.54) is 10.6 Å². The quantitative estimate of drug-likeness (QED) is 0.399. The number of halogens is 1. The Labute approximate surface area is 199 Å². The number of anilines is 2. The molecule has 4 aromatic heterocycles. The van der Waals surface area contributed by atoms with E-state index in [-0.39, 0.29) is 11.8 Å². The molecule has 35 heavy (non-hydrogen) atoms. The van der Waals surface area contributed by atoms with Crippen molar-refractivity contribution >= 4 is 28.3 Å². The number of hydrogen-bond donors (Lipinski definition) is 1. The molecule has 180 valence electrons. The van der Waals surface area contributed by atoms with Gasteiger partial charge in [-0.2, -0.15) is 19.6 Å². The van der Waals surface area contributed by atoms with E-state index in [9.17, 15) is 4.39 Å². The highest BCUT2D eigenvalue weighted by Gasteiger charge is 2.21. The fourth-order valence-corrected chi connectivity index (χ4v) is 4.48. The summed E-state index contributed by atoms with van der Waals surface area (Å²) in [5.41, 5.74) is 8.71. The minimum atomic E-state index is -0.260. The summed E-state index contributed by atoms with van der Waals surface area (Å²) >= 11 is 0. The lowest BCUT2D eigenvalue weighted by Gasteiger charge is -2.36. The first kappa shape index (κ1) is 21.4. The smallest absolute Gasteiger partial charge is 0.225 e. The zero-order valence-electron chi connectivity index (χ0n) is 19.4. The van der Waals surface area contributed by atoms with E-state index >= 15 is 0 Å². The Kier molecular flexibility index (Phi) is 5.06. The molecule has 0 aliphatic carbocycles. The molecule has 0 bridgehead atoms. The van der Waals surface area contributed by atoms with Crippen molar-refractivity contribution in [1.29, 1.82) is 0 Å². The molecule has 2 N–H and O–H groups in total. The van der Waals surface area contributed by atoms with Crippen LogP contribution in [0.4, 0.5) is 16.0 Å². The van der Waals surface area contributed by atoms with E-state index in [2.05, 4.69) is 40.1 Å². The molecule has 0 atom stereocenters. The first-order valence-electron chi connectivity index (χ1n) is 11.4. The van der Waals surface area contributed by atoms with Gasteiger partial charge < -0.3 is 15.2 Å². The maximum atomic E-state index is 14.6. The van der Waals surface area contributed by atoms with Crippen molar-refractivity contribution in [2.45, 2.75) is 20.4 Å². The molecular formula is C22H24FN11O. The Morgan fingerprint density at radius 1 is 1.03 bits per heavy atom. The lowest BCUT2D eigenvalue weighted by Crippen LogP contribution is -2.47. The average Bonchev–Trinajstić information content (AvgIpc) is 3.57. The van der Waals surface area contributed by atoms with Crippen LogP contribution in [0.3, 0.4) is 0 Å². The van der Waals surface area contributed by atoms with Crippen LogP contribution in [0.25, 0.3) is 28.1 Å². The highest BCUT2D eigenvalue weighted by molar-refractivity contribution is 5.89. The maximum absolute atomic E-state index is 14.6. The van der Waals surface area contributed by atoms with Crippen LogP contribution in [0.2, 0.25) is 0 Å². The number of hydrogen-bond acceptors (Lipinski definition) is 10. The van der Waals surface area contributed by atoms with Gasteiger partial charge in [0, 0.05) is 45.2 Å². The summed E-state index contributed by atoms with van der Waals surface area (Å²) in [5.74, 6) is 1.59. The van der Waals surface area contributed by atoms with Gasteiger partial charge in [0.1, 0.15) is 11.6 Å². The lowest BCUT2D eigenvalue weighted by molar-refractivity contribution is 0.245. The second kappa shape index (κ2) is 8.27. The molecule has 5 heterocycles. The maximum Gasteiger partial charge on any atom is 0.225 e. The van der Waals surface area contributed by atoms with E-state index < -0.39 is 0 Å². The predicted octanol–water partition coefficient (Wildman–Crippen LogP) is 1.68. The fraction of sp³-hybridized carbons (Fsp3) is 0.364. The zero-order chi connectivity index (χ0) is 24.1. The van der Waals surface area contributed by atoms with Gasteiger partial charge in [-0.15, -0.1) is 5.10 Å². The minimum absolute atomic E-state index is 0.260. The Morgan fingerprint density at radius 2 is 1.86 bits per heavy atom. The van der Waals surface area contributed by atoms with Crippen LogP contribution in [0, 0.1) is 19.7 Å². The Morgan fingerprint density at radius 3 is 2.63 bits per heavy atom. The SMILES string of the molecule is Cc1nc2c3cnn(CCN4CCN(c5cc(-c6noc(C)n6)ccc5F)CC4)c3nc(N)n2n1. The number of nitrogens with two attached hydrogens (primary N) is 1. The van der Waals surface area contributed by atoms with Gasteiger partial charge in [-0.3, -0.25) is 4.90 Å². The highest BCUT2D eigenvalue weighted by atomic mass is 19.1. The topological polar surface area (TPSA) is 132 Å². The summed E-state index contributed by atoms with van der Waals surface area (Å²) in [7, 11) is 0. The molecule has 1 saturated heterocycles. The largest absolute Gasteiger partial charge is 0.368 e. The highest BCUT2D eigenvalue weighted by Crippen LogP contribution is 2.27. The molecule has 0 saturated carbocycles. The summed E-state index contributed by atoms with van der Waals surface area (Å²) in [6.07, 6.45) is 1.75. The first-order valence-corrected chi connectivity index (χ1v) is 11.4. The average molecular weight is 478 g/mol. The standard InChI is InChI=1S/C22H24FN11O/c1-13-26-21-16-12-25-33(20(16)28-22(24)34(21)29-13)10-7-31-5-8-32(9-6-31)18-11-15(3-4-17(18)23)19-27-14(2)35-30-19/h3-4,11-12H,5-10H2,1-2H3,(H2,24,28). The van der Waals surface area contributed by atoms with Crippen LogP contribution in [0.15, 0.2) is 28.9 Å². The molecule has 1 aromatic carbocycles. The Balaban J connectivity index is 1.13. The van der Waals surface area contributed by atoms with Crippen molar-refractivity contribution in [3.05, 3.63) is 41.9 Å². The molecule has 6 rings (SSSR count). The number of piperazine rings is 1. The van der Waals surface area contributed by atoms with Crippen LogP contribution in [0.1, 0.15) is 11.7 Å². The van der Waals surface area contributed by atoms with Gasteiger partial charge in [0.2, 0.25) is 17.7 Å². The van der Waals surface area contributed by atoms with Crippen molar-refractivity contribution in [2.75, 3.05) is 43.4 Å². The first-order chi connectivity index (χ1) is 17.0. The molecule has 12 nitrogen and oxygen atoms in total. The predicted molar refractivity (Wildman–Crippen MR) is 126 cm³/mol. The summed E-state index contributed by atoms with van der Waals surface area (Å²) in [6, 6.07) is 4.91. The van der Waals surface area contributed by atoms with Gasteiger partial charge >= 0.3 is 0 Å². The molecular weight excluding hydrogens is 453 g/mol. The van der Waals surface area contributed by atoms with Gasteiger partial charge in [0.15, 0.2) is 11.3 Å². The van der Waals surface area contributed by atoms with E-state index in [0.717, 1.165) is 30.6 Å². The normalized spacial score (nSPS) is 15.0. The molecule has 0 spiro atoms. The van der Waals surface area contributed by atoms with Crippen molar-refractivity contribution in [2.24, 2.45) is 0 Å². The van der Waals surface area contributed by atoms with Crippen LogP contribution in [-0.2, 0) is 6.54 Å². The van der Waals surface area contributed by atoms with Crippen molar-refractivity contribution in [3.63, 3.8) is 0 Å². The third-order valence-corrected chi connectivity index (χ3v) is 6.28. The number of nitrogen functional groups attached to an aromatic ring is 1. The van der Waals surface area contributed by atoms with Crippen molar-refractivity contribution in [1.82, 2.24) is 44.4 Å². The van der Waals surface area contributed by atoms with Gasteiger partial charge in [-0.05, 0) is 25.1 Å². The molecule has 0 amide bonds. The number of aromatic nitrogens is 8. The molecule has 1 aliphatic heterocycles. The Bertz CT molecular complexity index is 1530. The minimum Gasteiger partial charge on any atom is -0.368 e. The summed E-state index contributed by atoms with van der Waals surface area (Å²) in [5, 5.41) is 13.5. The van der Waals surface area contributed by atoms with Crippen LogP contribution in [-0.4, -0.2) is 77.1 Å². The molecule has 5 aromatic rings. The van der Waals surface area contributed by atoms with Gasteiger partial charge in [-0.1, -0.05) is 5.16 Å². The van der Waals surface area contributed by atoms with Gasteiger partial charge in [-0.25, -0.2) is 14.1 Å². The monoisotopic (exact) mass is 477 g/mol. The third-order valence-electron chi connectivity index (χ3n) is 6.28. The summed E-state index contributed by atoms with van der Waals surface area (Å²) < 4.78 is 23.1. The molecule has 0 unspecified atom stereocenters. The molecule has 13 heteroatoms. The second-order valence-electron chi connectivity index (χ2n) is 8.60. The van der Waals surface area contributed by atoms with Gasteiger partial charge in [0.05, 0.1) is 23.8 Å². The van der Waals surface area contributed by atoms with E-state index in [1.807, 2.05) is 11.6 Å². The summed E-state index contributed by atoms with van der Waals surface area (Å²) in [4.78, 5) is 17.6. The number of fused-ring (bicyclic) bond motifs is 3. The number of benzene rings is 1. The van der Waals surface area contributed by atoms with Crippen LogP contribution >= 0.6 is 0 Å². The number of nitrogens with zero attached hydrogens (tertiary/aromatic N) is 10. The van der Waals surface area contributed by atoms with E-state index in [1.54, 1.807) is 25.3 Å². The fourth-order valence-electron chi connectivity index (χ4n) is 4.48. The second-order valence-corrected chi connectivity index (χ2v) is 8.60. The molecule has 1 fully saturated rings. The van der Waals surface area contributed by atoms with Crippen molar-refractivity contribution in [3.8, 4) is 11.4 Å². The van der Waals surface area contributed by atoms with Crippen LogP contribution in [0.5, 0.6) is 0 Å². The zero-order valence-corrected chi connectivity index (χ0v) is 19.4.